The van der Waals surface area contributed by atoms with E-state index in [1.807, 2.05) is 19.2 Å². The molecule has 1 N–H and O–H groups in total. The summed E-state index contributed by atoms with van der Waals surface area (Å²) in [6.07, 6.45) is 0. The molecule has 90 valence electrons. The van der Waals surface area contributed by atoms with E-state index < -0.39 is 0 Å². The van der Waals surface area contributed by atoms with Crippen LogP contribution in [0.15, 0.2) is 24.3 Å². The molecule has 1 atom stereocenters. The van der Waals surface area contributed by atoms with E-state index in [0.29, 0.717) is 12.6 Å². The van der Waals surface area contributed by atoms with E-state index in [1.54, 1.807) is 6.07 Å². The summed E-state index contributed by atoms with van der Waals surface area (Å²) in [5.41, 5.74) is 0.758. The molecule has 0 heterocycles. The van der Waals surface area contributed by atoms with Gasteiger partial charge in [0, 0.05) is 24.7 Å². The Bertz CT molecular complexity index is 315. The second-order valence-corrected chi connectivity index (χ2v) is 4.25. The van der Waals surface area contributed by atoms with E-state index in [9.17, 15) is 4.39 Å². The summed E-state index contributed by atoms with van der Waals surface area (Å²) in [6.45, 7) is 6.77. The van der Waals surface area contributed by atoms with Crippen molar-refractivity contribution in [2.75, 3.05) is 20.1 Å². The average molecular weight is 224 g/mol. The monoisotopic (exact) mass is 224 g/mol. The van der Waals surface area contributed by atoms with E-state index in [2.05, 4.69) is 24.1 Å². The Balaban J connectivity index is 2.45. The summed E-state index contributed by atoms with van der Waals surface area (Å²) in [7, 11) is 2.01. The van der Waals surface area contributed by atoms with Crippen molar-refractivity contribution in [1.82, 2.24) is 10.2 Å². The highest BCUT2D eigenvalue weighted by Crippen LogP contribution is 2.08. The van der Waals surface area contributed by atoms with E-state index in [4.69, 9.17) is 0 Å². The Kier molecular flexibility index (Phi) is 5.43. The zero-order chi connectivity index (χ0) is 12.0. The van der Waals surface area contributed by atoms with Crippen LogP contribution in [-0.2, 0) is 6.54 Å². The minimum atomic E-state index is -0.120. The number of hydrogen-bond donors (Lipinski definition) is 1. The molecule has 1 rings (SSSR count). The van der Waals surface area contributed by atoms with Crippen LogP contribution in [0.4, 0.5) is 4.39 Å². The highest BCUT2D eigenvalue weighted by Gasteiger charge is 2.07. The molecule has 0 aliphatic heterocycles. The predicted molar refractivity (Wildman–Crippen MR) is 65.9 cm³/mol. The van der Waals surface area contributed by atoms with Crippen molar-refractivity contribution in [2.45, 2.75) is 26.4 Å². The van der Waals surface area contributed by atoms with Crippen molar-refractivity contribution < 1.29 is 4.39 Å². The van der Waals surface area contributed by atoms with Gasteiger partial charge >= 0.3 is 0 Å². The zero-order valence-electron chi connectivity index (χ0n) is 10.3. The highest BCUT2D eigenvalue weighted by atomic mass is 19.1. The molecule has 0 aliphatic carbocycles. The topological polar surface area (TPSA) is 15.3 Å². The molecule has 1 unspecified atom stereocenters. The van der Waals surface area contributed by atoms with Gasteiger partial charge in [-0.2, -0.15) is 0 Å². The van der Waals surface area contributed by atoms with Crippen LogP contribution in [0.1, 0.15) is 19.4 Å². The molecule has 0 aromatic heterocycles. The number of likely N-dealkylation sites (N-methyl/N-ethyl adjacent to an activating group) is 2. The molecule has 0 radical (unpaired) electrons. The molecule has 0 amide bonds. The first-order chi connectivity index (χ1) is 7.63. The second kappa shape index (κ2) is 6.61. The van der Waals surface area contributed by atoms with Crippen LogP contribution >= 0.6 is 0 Å². The molecule has 1 aromatic rings. The Morgan fingerprint density at radius 3 is 2.69 bits per heavy atom. The lowest BCUT2D eigenvalue weighted by molar-refractivity contribution is 0.287. The summed E-state index contributed by atoms with van der Waals surface area (Å²) >= 11 is 0. The molecule has 0 bridgehead atoms. The summed E-state index contributed by atoms with van der Waals surface area (Å²) in [5.74, 6) is -0.120. The predicted octanol–water partition coefficient (Wildman–Crippen LogP) is 2.26. The Labute approximate surface area is 97.5 Å². The second-order valence-electron chi connectivity index (χ2n) is 4.25. The molecule has 2 nitrogen and oxygen atoms in total. The van der Waals surface area contributed by atoms with Gasteiger partial charge in [-0.1, -0.05) is 25.1 Å². The number of rotatable bonds is 6. The third-order valence-electron chi connectivity index (χ3n) is 2.54. The third-order valence-corrected chi connectivity index (χ3v) is 2.54. The number of halogens is 1. The molecule has 0 saturated heterocycles. The van der Waals surface area contributed by atoms with Crippen LogP contribution < -0.4 is 5.32 Å². The number of nitrogens with zero attached hydrogens (tertiary/aromatic N) is 1. The van der Waals surface area contributed by atoms with Gasteiger partial charge in [-0.25, -0.2) is 4.39 Å². The number of benzene rings is 1. The Morgan fingerprint density at radius 1 is 1.38 bits per heavy atom. The van der Waals surface area contributed by atoms with E-state index >= 15 is 0 Å². The van der Waals surface area contributed by atoms with Crippen LogP contribution in [0.2, 0.25) is 0 Å². The summed E-state index contributed by atoms with van der Waals surface area (Å²) < 4.78 is 13.4. The first-order valence-corrected chi connectivity index (χ1v) is 5.78. The minimum absolute atomic E-state index is 0.120. The maximum Gasteiger partial charge on any atom is 0.127 e. The molecule has 0 fully saturated rings. The van der Waals surface area contributed by atoms with Crippen LogP contribution in [-0.4, -0.2) is 31.1 Å². The first-order valence-electron chi connectivity index (χ1n) is 5.78. The molecule has 0 saturated carbocycles. The summed E-state index contributed by atoms with van der Waals surface area (Å²) in [6, 6.07) is 7.38. The fourth-order valence-corrected chi connectivity index (χ4v) is 1.86. The van der Waals surface area contributed by atoms with Gasteiger partial charge in [-0.05, 0) is 26.6 Å². The van der Waals surface area contributed by atoms with Crippen LogP contribution in [0.25, 0.3) is 0 Å². The lowest BCUT2D eigenvalue weighted by Gasteiger charge is -2.22. The van der Waals surface area contributed by atoms with E-state index in [0.717, 1.165) is 18.7 Å². The quantitative estimate of drug-likeness (QED) is 0.797. The zero-order valence-corrected chi connectivity index (χ0v) is 10.3. The molecular formula is C13H21FN2. The minimum Gasteiger partial charge on any atom is -0.313 e. The number of hydrogen-bond acceptors (Lipinski definition) is 2. The average Bonchev–Trinajstić information content (AvgIpc) is 2.21. The van der Waals surface area contributed by atoms with Gasteiger partial charge < -0.3 is 10.2 Å². The maximum atomic E-state index is 13.4. The fourth-order valence-electron chi connectivity index (χ4n) is 1.86. The van der Waals surface area contributed by atoms with Gasteiger partial charge in [0.05, 0.1) is 0 Å². The van der Waals surface area contributed by atoms with Crippen molar-refractivity contribution in [2.24, 2.45) is 0 Å². The van der Waals surface area contributed by atoms with Crippen molar-refractivity contribution in [3.63, 3.8) is 0 Å². The molecule has 3 heteroatoms. The fraction of sp³-hybridized carbons (Fsp3) is 0.538. The SMILES string of the molecule is CCNC(C)CN(C)Cc1ccccc1F. The summed E-state index contributed by atoms with van der Waals surface area (Å²) in [5, 5.41) is 3.34. The van der Waals surface area contributed by atoms with Gasteiger partial charge in [-0.3, -0.25) is 0 Å². The normalized spacial score (nSPS) is 13.1. The largest absolute Gasteiger partial charge is 0.313 e. The number of nitrogens with one attached hydrogen (secondary N) is 1. The van der Waals surface area contributed by atoms with Crippen LogP contribution in [0.5, 0.6) is 0 Å². The first kappa shape index (κ1) is 13.1. The van der Waals surface area contributed by atoms with E-state index in [1.165, 1.54) is 6.07 Å². The van der Waals surface area contributed by atoms with Crippen molar-refractivity contribution in [3.05, 3.63) is 35.6 Å². The molecule has 0 spiro atoms. The Hall–Kier alpha value is -0.930. The van der Waals surface area contributed by atoms with Crippen LogP contribution in [0, 0.1) is 5.82 Å². The van der Waals surface area contributed by atoms with Crippen molar-refractivity contribution >= 4 is 0 Å². The lowest BCUT2D eigenvalue weighted by Crippen LogP contribution is -2.37. The highest BCUT2D eigenvalue weighted by molar-refractivity contribution is 5.16. The smallest absolute Gasteiger partial charge is 0.127 e. The van der Waals surface area contributed by atoms with Crippen molar-refractivity contribution in [1.29, 1.82) is 0 Å². The van der Waals surface area contributed by atoms with Gasteiger partial charge in [0.1, 0.15) is 5.82 Å². The Morgan fingerprint density at radius 2 is 2.06 bits per heavy atom. The maximum absolute atomic E-state index is 13.4. The van der Waals surface area contributed by atoms with Gasteiger partial charge in [0.25, 0.3) is 0 Å². The molecule has 16 heavy (non-hydrogen) atoms. The lowest BCUT2D eigenvalue weighted by atomic mass is 10.2. The van der Waals surface area contributed by atoms with Crippen molar-refractivity contribution in [3.8, 4) is 0 Å². The summed E-state index contributed by atoms with van der Waals surface area (Å²) in [4.78, 5) is 2.13. The van der Waals surface area contributed by atoms with Gasteiger partial charge in [0.2, 0.25) is 0 Å². The standard InChI is InChI=1S/C13H21FN2/c1-4-15-11(2)9-16(3)10-12-7-5-6-8-13(12)14/h5-8,11,15H,4,9-10H2,1-3H3. The third kappa shape index (κ3) is 4.29. The molecule has 0 aliphatic rings. The van der Waals surface area contributed by atoms with Crippen LogP contribution in [0.3, 0.4) is 0 Å². The van der Waals surface area contributed by atoms with Gasteiger partial charge in [-0.15, -0.1) is 0 Å². The van der Waals surface area contributed by atoms with Gasteiger partial charge in [0.15, 0.2) is 0 Å². The molecular weight excluding hydrogens is 203 g/mol. The molecule has 1 aromatic carbocycles. The van der Waals surface area contributed by atoms with E-state index in [-0.39, 0.29) is 5.82 Å².